The zero-order valence-corrected chi connectivity index (χ0v) is 13.4. The van der Waals surface area contributed by atoms with E-state index >= 15 is 0 Å². The quantitative estimate of drug-likeness (QED) is 0.528. The van der Waals surface area contributed by atoms with E-state index in [1.165, 1.54) is 23.9 Å². The summed E-state index contributed by atoms with van der Waals surface area (Å²) in [4.78, 5) is 10.1. The minimum Gasteiger partial charge on any atom is -0.406 e. The van der Waals surface area contributed by atoms with Gasteiger partial charge in [-0.3, -0.25) is 9.97 Å². The molecule has 126 valence electrons. The molecule has 25 heavy (non-hydrogen) atoms. The van der Waals surface area contributed by atoms with Crippen LogP contribution in [0, 0.1) is 0 Å². The zero-order valence-electron chi connectivity index (χ0n) is 12.5. The first-order chi connectivity index (χ1) is 12.0. The van der Waals surface area contributed by atoms with E-state index < -0.39 is 6.36 Å². The molecule has 8 heteroatoms. The van der Waals surface area contributed by atoms with Gasteiger partial charge in [-0.05, 0) is 36.4 Å². The molecular formula is C17H10F3N3OS. The second-order valence-electron chi connectivity index (χ2n) is 5.21. The fraction of sp³-hybridized carbons (Fsp3) is 0.0588. The van der Waals surface area contributed by atoms with Gasteiger partial charge in [-0.25, -0.2) is 0 Å². The predicted octanol–water partition coefficient (Wildman–Crippen LogP) is 5.25. The number of halogens is 3. The second kappa shape index (κ2) is 5.96. The number of pyridine rings is 2. The van der Waals surface area contributed by atoms with Crippen molar-refractivity contribution in [2.45, 2.75) is 16.2 Å². The molecule has 0 fully saturated rings. The Morgan fingerprint density at radius 1 is 0.920 bits per heavy atom. The summed E-state index contributed by atoms with van der Waals surface area (Å²) in [5.74, 6) is -0.248. The average molecular weight is 361 g/mol. The van der Waals surface area contributed by atoms with Crippen LogP contribution < -0.4 is 10.1 Å². The topological polar surface area (TPSA) is 47.0 Å². The van der Waals surface area contributed by atoms with Crippen molar-refractivity contribution in [1.82, 2.24) is 9.97 Å². The SMILES string of the molecule is FC(F)(F)Oc1ccc2c(c1)Sc1cnc(-c3ccccn3)cc1N2. The fourth-order valence-corrected chi connectivity index (χ4v) is 3.39. The van der Waals surface area contributed by atoms with E-state index in [-0.39, 0.29) is 5.75 Å². The van der Waals surface area contributed by atoms with Crippen LogP contribution in [0.25, 0.3) is 11.4 Å². The van der Waals surface area contributed by atoms with Gasteiger partial charge in [0.2, 0.25) is 0 Å². The highest BCUT2D eigenvalue weighted by molar-refractivity contribution is 7.99. The number of ether oxygens (including phenoxy) is 1. The van der Waals surface area contributed by atoms with E-state index in [0.717, 1.165) is 16.3 Å². The summed E-state index contributed by atoms with van der Waals surface area (Å²) in [5, 5.41) is 3.22. The Bertz CT molecular complexity index is 932. The molecule has 3 heterocycles. The predicted molar refractivity (Wildman–Crippen MR) is 88.0 cm³/mol. The Kier molecular flexibility index (Phi) is 3.76. The van der Waals surface area contributed by atoms with E-state index in [1.54, 1.807) is 18.5 Å². The molecule has 0 atom stereocenters. The van der Waals surface area contributed by atoms with E-state index in [1.807, 2.05) is 24.3 Å². The molecule has 2 aromatic heterocycles. The lowest BCUT2D eigenvalue weighted by atomic mass is 10.2. The van der Waals surface area contributed by atoms with Gasteiger partial charge in [0.15, 0.2) is 0 Å². The molecule has 0 bridgehead atoms. The smallest absolute Gasteiger partial charge is 0.406 e. The highest BCUT2D eigenvalue weighted by Crippen LogP contribution is 2.46. The molecule has 0 saturated carbocycles. The first-order valence-electron chi connectivity index (χ1n) is 7.24. The Balaban J connectivity index is 1.64. The molecular weight excluding hydrogens is 351 g/mol. The number of alkyl halides is 3. The van der Waals surface area contributed by atoms with Crippen molar-refractivity contribution in [1.29, 1.82) is 0 Å². The third kappa shape index (κ3) is 3.39. The van der Waals surface area contributed by atoms with Crippen LogP contribution in [0.15, 0.2) is 64.6 Å². The Labute approximate surface area is 145 Å². The van der Waals surface area contributed by atoms with Crippen LogP contribution >= 0.6 is 11.8 Å². The summed E-state index contributed by atoms with van der Waals surface area (Å²) in [5.41, 5.74) is 3.01. The van der Waals surface area contributed by atoms with Crippen molar-refractivity contribution < 1.29 is 17.9 Å². The molecule has 1 aliphatic rings. The fourth-order valence-electron chi connectivity index (χ4n) is 2.43. The van der Waals surface area contributed by atoms with Crippen LogP contribution in [-0.2, 0) is 0 Å². The Morgan fingerprint density at radius 3 is 2.56 bits per heavy atom. The molecule has 0 amide bonds. The average Bonchev–Trinajstić information content (AvgIpc) is 2.59. The van der Waals surface area contributed by atoms with Crippen LogP contribution in [0.4, 0.5) is 24.5 Å². The number of fused-ring (bicyclic) bond motifs is 2. The van der Waals surface area contributed by atoms with E-state index in [9.17, 15) is 13.2 Å². The summed E-state index contributed by atoms with van der Waals surface area (Å²) >= 11 is 1.33. The van der Waals surface area contributed by atoms with E-state index in [4.69, 9.17) is 0 Å². The maximum absolute atomic E-state index is 12.4. The minimum absolute atomic E-state index is 0.248. The van der Waals surface area contributed by atoms with Crippen molar-refractivity contribution in [3.63, 3.8) is 0 Å². The normalized spacial score (nSPS) is 12.8. The van der Waals surface area contributed by atoms with Crippen LogP contribution in [0.5, 0.6) is 5.75 Å². The van der Waals surface area contributed by atoms with Gasteiger partial charge in [0, 0.05) is 17.3 Å². The Hall–Kier alpha value is -2.74. The van der Waals surface area contributed by atoms with Crippen LogP contribution in [0.1, 0.15) is 0 Å². The molecule has 0 radical (unpaired) electrons. The molecule has 1 aromatic carbocycles. The van der Waals surface area contributed by atoms with Gasteiger partial charge >= 0.3 is 6.36 Å². The van der Waals surface area contributed by atoms with Crippen molar-refractivity contribution in [2.75, 3.05) is 5.32 Å². The van der Waals surface area contributed by atoms with Gasteiger partial charge in [-0.15, -0.1) is 13.2 Å². The summed E-state index contributed by atoms with van der Waals surface area (Å²) in [6.07, 6.45) is -1.34. The van der Waals surface area contributed by atoms with Crippen LogP contribution in [-0.4, -0.2) is 16.3 Å². The van der Waals surface area contributed by atoms with Gasteiger partial charge in [0.05, 0.1) is 27.7 Å². The number of benzene rings is 1. The highest BCUT2D eigenvalue weighted by atomic mass is 32.2. The third-order valence-electron chi connectivity index (χ3n) is 3.47. The van der Waals surface area contributed by atoms with Gasteiger partial charge in [-0.2, -0.15) is 0 Å². The number of nitrogens with one attached hydrogen (secondary N) is 1. The van der Waals surface area contributed by atoms with E-state index in [0.29, 0.717) is 16.3 Å². The molecule has 0 saturated heterocycles. The van der Waals surface area contributed by atoms with Gasteiger partial charge in [0.1, 0.15) is 5.75 Å². The summed E-state index contributed by atoms with van der Waals surface area (Å²) in [6, 6.07) is 11.6. The monoisotopic (exact) mass is 361 g/mol. The van der Waals surface area contributed by atoms with Crippen LogP contribution in [0.2, 0.25) is 0 Å². The summed E-state index contributed by atoms with van der Waals surface area (Å²) < 4.78 is 41.0. The molecule has 1 aliphatic heterocycles. The number of hydrogen-bond acceptors (Lipinski definition) is 5. The van der Waals surface area contributed by atoms with Crippen molar-refractivity contribution in [2.24, 2.45) is 0 Å². The van der Waals surface area contributed by atoms with Crippen LogP contribution in [0.3, 0.4) is 0 Å². The van der Waals surface area contributed by atoms with Crippen molar-refractivity contribution in [3.8, 4) is 17.1 Å². The number of nitrogens with zero attached hydrogens (tertiary/aromatic N) is 2. The first kappa shape index (κ1) is 15.8. The number of hydrogen-bond donors (Lipinski definition) is 1. The molecule has 3 aromatic rings. The molecule has 1 N–H and O–H groups in total. The first-order valence-corrected chi connectivity index (χ1v) is 8.06. The lowest BCUT2D eigenvalue weighted by Gasteiger charge is -2.21. The molecule has 0 unspecified atom stereocenters. The second-order valence-corrected chi connectivity index (χ2v) is 6.30. The standard InChI is InChI=1S/C17H10F3N3OS/c18-17(19,20)24-10-4-5-12-15(7-10)25-16-9-22-13(8-14(16)23-12)11-3-1-2-6-21-11/h1-9,23H. The summed E-state index contributed by atoms with van der Waals surface area (Å²) in [6.45, 7) is 0. The highest BCUT2D eigenvalue weighted by Gasteiger charge is 2.31. The van der Waals surface area contributed by atoms with Gasteiger partial charge in [0.25, 0.3) is 0 Å². The number of anilines is 2. The Morgan fingerprint density at radius 2 is 1.80 bits per heavy atom. The van der Waals surface area contributed by atoms with E-state index in [2.05, 4.69) is 20.0 Å². The van der Waals surface area contributed by atoms with Crippen molar-refractivity contribution >= 4 is 23.1 Å². The largest absolute Gasteiger partial charge is 0.573 e. The lowest BCUT2D eigenvalue weighted by Crippen LogP contribution is -2.17. The lowest BCUT2D eigenvalue weighted by molar-refractivity contribution is -0.274. The maximum Gasteiger partial charge on any atom is 0.573 e. The maximum atomic E-state index is 12.4. The van der Waals surface area contributed by atoms with Gasteiger partial charge < -0.3 is 10.1 Å². The zero-order chi connectivity index (χ0) is 17.4. The minimum atomic E-state index is -4.71. The third-order valence-corrected chi connectivity index (χ3v) is 4.57. The molecule has 0 spiro atoms. The summed E-state index contributed by atoms with van der Waals surface area (Å²) in [7, 11) is 0. The molecule has 4 nitrogen and oxygen atoms in total. The number of rotatable bonds is 2. The molecule has 0 aliphatic carbocycles. The molecule has 4 rings (SSSR count). The number of aromatic nitrogens is 2. The van der Waals surface area contributed by atoms with Crippen molar-refractivity contribution in [3.05, 3.63) is 54.9 Å². The van der Waals surface area contributed by atoms with Gasteiger partial charge in [-0.1, -0.05) is 17.8 Å².